The van der Waals surface area contributed by atoms with Crippen molar-refractivity contribution in [3.8, 4) is 5.75 Å². The van der Waals surface area contributed by atoms with E-state index >= 15 is 0 Å². The van der Waals surface area contributed by atoms with Crippen LogP contribution in [0.3, 0.4) is 0 Å². The van der Waals surface area contributed by atoms with Gasteiger partial charge in [-0.3, -0.25) is 4.79 Å². The minimum atomic E-state index is -0.439. The Bertz CT molecular complexity index is 957. The first kappa shape index (κ1) is 18.0. The topological polar surface area (TPSA) is 64.1 Å². The number of aromatic nitrogens is 2. The predicted octanol–water partition coefficient (Wildman–Crippen LogP) is 4.68. The number of carbonyl (C=O) groups is 1. The molecule has 1 N–H and O–H groups in total. The third-order valence-electron chi connectivity index (χ3n) is 3.31. The minimum absolute atomic E-state index is 0.154. The Kier molecular flexibility index (Phi) is 5.60. The lowest BCUT2D eigenvalue weighted by molar-refractivity contribution is 0.102. The highest BCUT2D eigenvalue weighted by Gasteiger charge is 2.15. The molecule has 0 saturated carbocycles. The molecule has 26 heavy (non-hydrogen) atoms. The average Bonchev–Trinajstić information content (AvgIpc) is 3.14. The number of anilines is 1. The summed E-state index contributed by atoms with van der Waals surface area (Å²) in [5.41, 5.74) is 1.30. The van der Waals surface area contributed by atoms with Crippen LogP contribution in [0, 0.1) is 5.82 Å². The fourth-order valence-corrected chi connectivity index (χ4v) is 2.99. The van der Waals surface area contributed by atoms with E-state index in [-0.39, 0.29) is 10.8 Å². The Labute approximate surface area is 158 Å². The van der Waals surface area contributed by atoms with Crippen molar-refractivity contribution in [3.05, 3.63) is 69.9 Å². The van der Waals surface area contributed by atoms with E-state index in [1.165, 1.54) is 24.3 Å². The highest BCUT2D eigenvalue weighted by molar-refractivity contribution is 7.15. The van der Waals surface area contributed by atoms with E-state index in [4.69, 9.17) is 16.3 Å². The molecular weight excluding hydrogens is 377 g/mol. The molecule has 5 nitrogen and oxygen atoms in total. The number of ether oxygens (including phenoxy) is 1. The Morgan fingerprint density at radius 2 is 1.92 bits per heavy atom. The summed E-state index contributed by atoms with van der Waals surface area (Å²) in [6.07, 6.45) is 1.71. The number of methoxy groups -OCH3 is 1. The van der Waals surface area contributed by atoms with E-state index in [2.05, 4.69) is 15.5 Å². The molecule has 0 aliphatic heterocycles. The number of hydrogen-bond donors (Lipinski definition) is 1. The van der Waals surface area contributed by atoms with Crippen LogP contribution < -0.4 is 10.1 Å². The summed E-state index contributed by atoms with van der Waals surface area (Å²) in [4.78, 5) is 12.2. The minimum Gasteiger partial charge on any atom is -0.497 e. The molecular formula is C18H13ClFN3O2S. The molecule has 132 valence electrons. The third kappa shape index (κ3) is 4.44. The molecule has 1 amide bonds. The van der Waals surface area contributed by atoms with E-state index in [0.717, 1.165) is 16.9 Å². The Hall–Kier alpha value is -2.77. The van der Waals surface area contributed by atoms with Gasteiger partial charge in [-0.2, -0.15) is 0 Å². The number of halogens is 2. The van der Waals surface area contributed by atoms with Gasteiger partial charge < -0.3 is 10.1 Å². The summed E-state index contributed by atoms with van der Waals surface area (Å²) in [6.45, 7) is 0. The summed E-state index contributed by atoms with van der Waals surface area (Å²) >= 11 is 7.35. The molecule has 0 unspecified atom stereocenters. The Morgan fingerprint density at radius 3 is 2.65 bits per heavy atom. The maximum atomic E-state index is 12.9. The van der Waals surface area contributed by atoms with Crippen molar-refractivity contribution in [1.82, 2.24) is 10.2 Å². The van der Waals surface area contributed by atoms with Gasteiger partial charge in [0.05, 0.1) is 12.1 Å². The van der Waals surface area contributed by atoms with E-state index in [1.807, 2.05) is 24.3 Å². The van der Waals surface area contributed by atoms with Gasteiger partial charge in [0.1, 0.15) is 11.6 Å². The van der Waals surface area contributed by atoms with Crippen molar-refractivity contribution in [3.63, 3.8) is 0 Å². The Balaban J connectivity index is 1.74. The summed E-state index contributed by atoms with van der Waals surface area (Å²) in [5, 5.41) is 11.4. The smallest absolute Gasteiger partial charge is 0.286 e. The van der Waals surface area contributed by atoms with Crippen LogP contribution in [0.1, 0.15) is 20.4 Å². The van der Waals surface area contributed by atoms with Crippen molar-refractivity contribution in [2.75, 3.05) is 12.4 Å². The molecule has 0 saturated heterocycles. The SMILES string of the molecule is COc1cccc(C=C(Cl)c2nnc(C(=O)Nc3ccc(F)cc3)s2)c1. The van der Waals surface area contributed by atoms with Crippen molar-refractivity contribution in [2.24, 2.45) is 0 Å². The number of carbonyl (C=O) groups excluding carboxylic acids is 1. The molecule has 1 aromatic heterocycles. The largest absolute Gasteiger partial charge is 0.497 e. The van der Waals surface area contributed by atoms with Gasteiger partial charge in [-0.1, -0.05) is 35.1 Å². The van der Waals surface area contributed by atoms with E-state index in [1.54, 1.807) is 13.2 Å². The van der Waals surface area contributed by atoms with Crippen molar-refractivity contribution in [1.29, 1.82) is 0 Å². The van der Waals surface area contributed by atoms with Gasteiger partial charge in [-0.15, -0.1) is 10.2 Å². The van der Waals surface area contributed by atoms with Crippen molar-refractivity contribution in [2.45, 2.75) is 0 Å². The molecule has 3 rings (SSSR count). The number of benzene rings is 2. The highest BCUT2D eigenvalue weighted by atomic mass is 35.5. The van der Waals surface area contributed by atoms with Crippen molar-refractivity contribution < 1.29 is 13.9 Å². The lowest BCUT2D eigenvalue weighted by atomic mass is 10.2. The van der Waals surface area contributed by atoms with Gasteiger partial charge in [0.2, 0.25) is 5.01 Å². The summed E-state index contributed by atoms with van der Waals surface area (Å²) in [5.74, 6) is -0.110. The van der Waals surface area contributed by atoms with Gasteiger partial charge in [0.15, 0.2) is 5.01 Å². The maximum absolute atomic E-state index is 12.9. The van der Waals surface area contributed by atoms with Gasteiger partial charge in [0, 0.05) is 5.69 Å². The number of rotatable bonds is 5. The first-order valence-electron chi connectivity index (χ1n) is 7.47. The molecule has 1 heterocycles. The zero-order chi connectivity index (χ0) is 18.5. The standard InChI is InChI=1S/C18H13ClFN3O2S/c1-25-14-4-2-3-11(9-14)10-15(19)17-22-23-18(26-17)16(24)21-13-7-5-12(20)6-8-13/h2-10H,1H3,(H,21,24). The monoisotopic (exact) mass is 389 g/mol. The van der Waals surface area contributed by atoms with Gasteiger partial charge >= 0.3 is 0 Å². The fourth-order valence-electron chi connectivity index (χ4n) is 2.07. The summed E-state index contributed by atoms with van der Waals surface area (Å²) in [6, 6.07) is 12.8. The number of nitrogens with one attached hydrogen (secondary N) is 1. The molecule has 3 aromatic rings. The van der Waals surface area contributed by atoms with Crippen LogP contribution in [0.25, 0.3) is 11.1 Å². The summed E-state index contributed by atoms with van der Waals surface area (Å²) in [7, 11) is 1.58. The molecule has 2 aromatic carbocycles. The molecule has 8 heteroatoms. The Morgan fingerprint density at radius 1 is 1.19 bits per heavy atom. The second-order valence-corrected chi connectivity index (χ2v) is 6.53. The molecule has 0 fully saturated rings. The normalized spacial score (nSPS) is 11.3. The maximum Gasteiger partial charge on any atom is 0.286 e. The fraction of sp³-hybridized carbons (Fsp3) is 0.0556. The quantitative estimate of drug-likeness (QED) is 0.688. The van der Waals surface area contributed by atoms with E-state index in [9.17, 15) is 9.18 Å². The molecule has 0 spiro atoms. The average molecular weight is 390 g/mol. The highest BCUT2D eigenvalue weighted by Crippen LogP contribution is 2.26. The van der Waals surface area contributed by atoms with Gasteiger partial charge in [-0.25, -0.2) is 4.39 Å². The van der Waals surface area contributed by atoms with Crippen LogP contribution in [0.2, 0.25) is 0 Å². The number of amides is 1. The molecule has 0 aliphatic rings. The van der Waals surface area contributed by atoms with Crippen LogP contribution in [-0.2, 0) is 0 Å². The molecule has 0 bridgehead atoms. The third-order valence-corrected chi connectivity index (χ3v) is 4.67. The zero-order valence-electron chi connectivity index (χ0n) is 13.6. The lowest BCUT2D eigenvalue weighted by Gasteiger charge is -2.01. The first-order valence-corrected chi connectivity index (χ1v) is 8.66. The molecule has 0 aliphatic carbocycles. The predicted molar refractivity (Wildman–Crippen MR) is 101 cm³/mol. The van der Waals surface area contributed by atoms with Gasteiger partial charge in [0.25, 0.3) is 5.91 Å². The van der Waals surface area contributed by atoms with Crippen LogP contribution in [-0.4, -0.2) is 23.2 Å². The first-order chi connectivity index (χ1) is 12.5. The zero-order valence-corrected chi connectivity index (χ0v) is 15.1. The van der Waals surface area contributed by atoms with Crippen LogP contribution in [0.15, 0.2) is 48.5 Å². The van der Waals surface area contributed by atoms with Crippen LogP contribution in [0.5, 0.6) is 5.75 Å². The number of nitrogens with zero attached hydrogens (tertiary/aromatic N) is 2. The second kappa shape index (κ2) is 8.07. The van der Waals surface area contributed by atoms with Crippen LogP contribution in [0.4, 0.5) is 10.1 Å². The number of hydrogen-bond acceptors (Lipinski definition) is 5. The van der Waals surface area contributed by atoms with E-state index < -0.39 is 5.91 Å². The molecule has 0 radical (unpaired) electrons. The van der Waals surface area contributed by atoms with E-state index in [0.29, 0.717) is 21.5 Å². The second-order valence-electron chi connectivity index (χ2n) is 5.14. The summed E-state index contributed by atoms with van der Waals surface area (Å²) < 4.78 is 18.1. The van der Waals surface area contributed by atoms with Gasteiger partial charge in [-0.05, 0) is 48.0 Å². The molecule has 0 atom stereocenters. The van der Waals surface area contributed by atoms with Crippen LogP contribution >= 0.6 is 22.9 Å². The van der Waals surface area contributed by atoms with Crippen molar-refractivity contribution >= 4 is 45.6 Å². The lowest BCUT2D eigenvalue weighted by Crippen LogP contribution is -2.11.